The SMILES string of the molecule is C=CCN(C(=O)NC1(CC(=O)O)CCCCC1)C1CC1. The Kier molecular flexibility index (Phi) is 4.68. The zero-order chi connectivity index (χ0) is 14.6. The molecule has 0 bridgehead atoms. The molecule has 2 aliphatic rings. The fraction of sp³-hybridized carbons (Fsp3) is 0.733. The number of urea groups is 1. The predicted octanol–water partition coefficient (Wildman–Crippen LogP) is 2.52. The highest BCUT2D eigenvalue weighted by Gasteiger charge is 2.39. The van der Waals surface area contributed by atoms with Crippen molar-refractivity contribution in [2.75, 3.05) is 6.54 Å². The quantitative estimate of drug-likeness (QED) is 0.734. The number of carbonyl (C=O) groups excluding carboxylic acids is 1. The zero-order valence-electron chi connectivity index (χ0n) is 11.9. The van der Waals surface area contributed by atoms with E-state index in [4.69, 9.17) is 5.11 Å². The third-order valence-corrected chi connectivity index (χ3v) is 4.25. The Bertz CT molecular complexity index is 385. The minimum Gasteiger partial charge on any atom is -0.481 e. The summed E-state index contributed by atoms with van der Waals surface area (Å²) < 4.78 is 0. The summed E-state index contributed by atoms with van der Waals surface area (Å²) in [6.45, 7) is 4.22. The van der Waals surface area contributed by atoms with Gasteiger partial charge in [-0.15, -0.1) is 6.58 Å². The Balaban J connectivity index is 2.03. The van der Waals surface area contributed by atoms with Crippen LogP contribution in [0.4, 0.5) is 4.79 Å². The van der Waals surface area contributed by atoms with E-state index < -0.39 is 11.5 Å². The summed E-state index contributed by atoms with van der Waals surface area (Å²) >= 11 is 0. The normalized spacial score (nSPS) is 21.0. The number of rotatable bonds is 6. The summed E-state index contributed by atoms with van der Waals surface area (Å²) in [5, 5.41) is 12.2. The van der Waals surface area contributed by atoms with Gasteiger partial charge >= 0.3 is 12.0 Å². The van der Waals surface area contributed by atoms with E-state index in [0.717, 1.165) is 44.9 Å². The molecule has 0 aliphatic heterocycles. The number of hydrogen-bond donors (Lipinski definition) is 2. The molecule has 0 spiro atoms. The Morgan fingerprint density at radius 3 is 2.45 bits per heavy atom. The summed E-state index contributed by atoms with van der Waals surface area (Å²) in [6, 6.07) is 0.175. The summed E-state index contributed by atoms with van der Waals surface area (Å²) in [4.78, 5) is 25.3. The standard InChI is InChI=1S/C15H24N2O3/c1-2-10-17(12-6-7-12)14(20)16-15(11-13(18)19)8-4-3-5-9-15/h2,12H,1,3-11H2,(H,16,20)(H,18,19). The monoisotopic (exact) mass is 280 g/mol. The van der Waals surface area contributed by atoms with Crippen molar-refractivity contribution in [1.82, 2.24) is 10.2 Å². The van der Waals surface area contributed by atoms with Gasteiger partial charge in [-0.2, -0.15) is 0 Å². The molecule has 2 N–H and O–H groups in total. The summed E-state index contributed by atoms with van der Waals surface area (Å²) in [5.41, 5.74) is -0.560. The van der Waals surface area contributed by atoms with E-state index in [9.17, 15) is 9.59 Å². The highest BCUT2D eigenvalue weighted by atomic mass is 16.4. The first kappa shape index (κ1) is 14.9. The number of carbonyl (C=O) groups is 2. The van der Waals surface area contributed by atoms with Gasteiger partial charge in [0.15, 0.2) is 0 Å². The van der Waals surface area contributed by atoms with Crippen molar-refractivity contribution >= 4 is 12.0 Å². The van der Waals surface area contributed by atoms with Crippen LogP contribution in [0.15, 0.2) is 12.7 Å². The second-order valence-electron chi connectivity index (χ2n) is 6.01. The molecule has 0 saturated heterocycles. The fourth-order valence-corrected chi connectivity index (χ4v) is 3.09. The molecular formula is C15H24N2O3. The molecule has 0 heterocycles. The van der Waals surface area contributed by atoms with E-state index in [2.05, 4.69) is 11.9 Å². The number of carboxylic acid groups (broad SMARTS) is 1. The first-order chi connectivity index (χ1) is 9.56. The van der Waals surface area contributed by atoms with Gasteiger partial charge in [0, 0.05) is 12.6 Å². The molecule has 2 fully saturated rings. The molecule has 5 heteroatoms. The number of hydrogen-bond acceptors (Lipinski definition) is 2. The van der Waals surface area contributed by atoms with E-state index in [1.165, 1.54) is 0 Å². The van der Waals surface area contributed by atoms with Crippen LogP contribution in [0.1, 0.15) is 51.4 Å². The van der Waals surface area contributed by atoms with Crippen LogP contribution in [0.2, 0.25) is 0 Å². The first-order valence-corrected chi connectivity index (χ1v) is 7.48. The van der Waals surface area contributed by atoms with Crippen molar-refractivity contribution in [2.45, 2.75) is 62.9 Å². The largest absolute Gasteiger partial charge is 0.481 e. The van der Waals surface area contributed by atoms with Crippen molar-refractivity contribution in [3.63, 3.8) is 0 Å². The highest BCUT2D eigenvalue weighted by Crippen LogP contribution is 2.32. The van der Waals surface area contributed by atoms with Crippen molar-refractivity contribution in [3.05, 3.63) is 12.7 Å². The van der Waals surface area contributed by atoms with Crippen LogP contribution in [0.25, 0.3) is 0 Å². The average molecular weight is 280 g/mol. The molecule has 2 aliphatic carbocycles. The third kappa shape index (κ3) is 3.74. The Morgan fingerprint density at radius 1 is 1.30 bits per heavy atom. The lowest BCUT2D eigenvalue weighted by molar-refractivity contribution is -0.139. The molecule has 0 aromatic heterocycles. The Labute approximate surface area is 120 Å². The van der Waals surface area contributed by atoms with Crippen molar-refractivity contribution < 1.29 is 14.7 Å². The number of amides is 2. The van der Waals surface area contributed by atoms with Gasteiger partial charge in [0.1, 0.15) is 0 Å². The van der Waals surface area contributed by atoms with Crippen molar-refractivity contribution in [1.29, 1.82) is 0 Å². The summed E-state index contributed by atoms with van der Waals surface area (Å²) in [6.07, 6.45) is 8.43. The van der Waals surface area contributed by atoms with E-state index in [1.54, 1.807) is 11.0 Å². The van der Waals surface area contributed by atoms with Crippen molar-refractivity contribution in [3.8, 4) is 0 Å². The molecule has 0 aromatic carbocycles. The minimum atomic E-state index is -0.839. The van der Waals surface area contributed by atoms with Crippen LogP contribution < -0.4 is 5.32 Å². The smallest absolute Gasteiger partial charge is 0.318 e. The number of aliphatic carboxylic acids is 1. The lowest BCUT2D eigenvalue weighted by Crippen LogP contribution is -2.55. The van der Waals surface area contributed by atoms with Gasteiger partial charge in [-0.1, -0.05) is 25.3 Å². The van der Waals surface area contributed by atoms with E-state index in [0.29, 0.717) is 12.6 Å². The topological polar surface area (TPSA) is 69.6 Å². The van der Waals surface area contributed by atoms with Gasteiger partial charge < -0.3 is 15.3 Å². The van der Waals surface area contributed by atoms with E-state index >= 15 is 0 Å². The summed E-state index contributed by atoms with van der Waals surface area (Å²) in [5.74, 6) is -0.839. The van der Waals surface area contributed by atoms with Gasteiger partial charge in [-0.05, 0) is 25.7 Å². The second-order valence-corrected chi connectivity index (χ2v) is 6.01. The van der Waals surface area contributed by atoms with Crippen LogP contribution in [-0.4, -0.2) is 40.1 Å². The molecule has 0 radical (unpaired) electrons. The average Bonchev–Trinajstić information content (AvgIpc) is 3.19. The molecule has 0 unspecified atom stereocenters. The van der Waals surface area contributed by atoms with Crippen molar-refractivity contribution in [2.24, 2.45) is 0 Å². The van der Waals surface area contributed by atoms with Crippen LogP contribution in [-0.2, 0) is 4.79 Å². The molecule has 0 atom stereocenters. The van der Waals surface area contributed by atoms with E-state index in [-0.39, 0.29) is 12.5 Å². The molecule has 2 saturated carbocycles. The second kappa shape index (κ2) is 6.29. The van der Waals surface area contributed by atoms with Gasteiger partial charge in [0.25, 0.3) is 0 Å². The number of carboxylic acids is 1. The van der Waals surface area contributed by atoms with Gasteiger partial charge in [0.05, 0.1) is 12.0 Å². The molecule has 112 valence electrons. The van der Waals surface area contributed by atoms with Gasteiger partial charge in [-0.25, -0.2) is 4.79 Å². The van der Waals surface area contributed by atoms with Gasteiger partial charge in [0.2, 0.25) is 0 Å². The lowest BCUT2D eigenvalue weighted by atomic mass is 9.79. The molecule has 0 aromatic rings. The van der Waals surface area contributed by atoms with Crippen LogP contribution in [0, 0.1) is 0 Å². The maximum absolute atomic E-state index is 12.4. The van der Waals surface area contributed by atoms with Gasteiger partial charge in [-0.3, -0.25) is 4.79 Å². The minimum absolute atomic E-state index is 0.0192. The Morgan fingerprint density at radius 2 is 1.95 bits per heavy atom. The molecular weight excluding hydrogens is 256 g/mol. The Hall–Kier alpha value is -1.52. The maximum atomic E-state index is 12.4. The maximum Gasteiger partial charge on any atom is 0.318 e. The summed E-state index contributed by atoms with van der Waals surface area (Å²) in [7, 11) is 0. The first-order valence-electron chi connectivity index (χ1n) is 7.48. The molecule has 2 amide bonds. The predicted molar refractivity (Wildman–Crippen MR) is 76.5 cm³/mol. The number of nitrogens with zero attached hydrogens (tertiary/aromatic N) is 1. The molecule has 5 nitrogen and oxygen atoms in total. The lowest BCUT2D eigenvalue weighted by Gasteiger charge is -2.38. The third-order valence-electron chi connectivity index (χ3n) is 4.25. The van der Waals surface area contributed by atoms with Crippen LogP contribution >= 0.6 is 0 Å². The highest BCUT2D eigenvalue weighted by molar-refractivity contribution is 5.77. The van der Waals surface area contributed by atoms with E-state index in [1.807, 2.05) is 0 Å². The zero-order valence-corrected chi connectivity index (χ0v) is 11.9. The van der Waals surface area contributed by atoms with Crippen LogP contribution in [0.3, 0.4) is 0 Å². The number of nitrogens with one attached hydrogen (secondary N) is 1. The molecule has 2 rings (SSSR count). The fourth-order valence-electron chi connectivity index (χ4n) is 3.09. The molecule has 20 heavy (non-hydrogen) atoms. The van der Waals surface area contributed by atoms with Crippen LogP contribution in [0.5, 0.6) is 0 Å².